The Kier molecular flexibility index (Phi) is 5.14. The van der Waals surface area contributed by atoms with E-state index in [1.807, 2.05) is 24.3 Å². The molecule has 9 nitrogen and oxygen atoms in total. The average molecular weight is 380 g/mol. The first-order valence-corrected chi connectivity index (χ1v) is 9.02. The zero-order valence-corrected chi connectivity index (χ0v) is 15.4. The quantitative estimate of drug-likeness (QED) is 0.719. The molecular formula is C19H20N6O3. The fourth-order valence-corrected chi connectivity index (χ4v) is 3.17. The van der Waals surface area contributed by atoms with E-state index < -0.39 is 0 Å². The highest BCUT2D eigenvalue weighted by Crippen LogP contribution is 2.24. The first-order chi connectivity index (χ1) is 13.7. The molecule has 0 radical (unpaired) electrons. The van der Waals surface area contributed by atoms with Crippen LogP contribution in [0.3, 0.4) is 0 Å². The van der Waals surface area contributed by atoms with Crippen molar-refractivity contribution >= 4 is 17.5 Å². The summed E-state index contributed by atoms with van der Waals surface area (Å²) < 4.78 is 10.4. The molecule has 4 rings (SSSR count). The van der Waals surface area contributed by atoms with Gasteiger partial charge in [0.25, 0.3) is 0 Å². The molecule has 0 saturated carbocycles. The minimum atomic E-state index is -0.0763. The van der Waals surface area contributed by atoms with Crippen molar-refractivity contribution in [2.75, 3.05) is 30.4 Å². The van der Waals surface area contributed by atoms with Crippen molar-refractivity contribution < 1.29 is 13.9 Å². The van der Waals surface area contributed by atoms with Crippen LogP contribution in [0.25, 0.3) is 11.5 Å². The van der Waals surface area contributed by atoms with Crippen LogP contribution in [0, 0.1) is 5.92 Å². The Labute approximate surface area is 161 Å². The number of nitrogens with zero attached hydrogens (tertiary/aromatic N) is 5. The molecule has 1 aliphatic rings. The number of amides is 1. The molecule has 0 unspecified atom stereocenters. The van der Waals surface area contributed by atoms with Crippen LogP contribution in [-0.2, 0) is 4.79 Å². The molecule has 1 saturated heterocycles. The van der Waals surface area contributed by atoms with Crippen molar-refractivity contribution in [2.24, 2.45) is 5.92 Å². The third kappa shape index (κ3) is 3.93. The van der Waals surface area contributed by atoms with Crippen LogP contribution in [0.2, 0.25) is 0 Å². The molecule has 0 bridgehead atoms. The SMILES string of the molecule is COc1cc(NC(=O)C2CCN(c3ccc(-c4ccco4)nn3)CC2)ncn1. The molecule has 0 atom stereocenters. The first kappa shape index (κ1) is 17.9. The highest BCUT2D eigenvalue weighted by atomic mass is 16.5. The number of aromatic nitrogens is 4. The summed E-state index contributed by atoms with van der Waals surface area (Å²) in [7, 11) is 1.52. The topological polar surface area (TPSA) is 106 Å². The van der Waals surface area contributed by atoms with Crippen LogP contribution >= 0.6 is 0 Å². The van der Waals surface area contributed by atoms with Crippen LogP contribution in [0.4, 0.5) is 11.6 Å². The number of carbonyl (C=O) groups excluding carboxylic acids is 1. The van der Waals surface area contributed by atoms with E-state index in [1.54, 1.807) is 12.3 Å². The Morgan fingerprint density at radius 3 is 2.75 bits per heavy atom. The summed E-state index contributed by atoms with van der Waals surface area (Å²) in [6.45, 7) is 1.47. The third-order valence-corrected chi connectivity index (χ3v) is 4.72. The van der Waals surface area contributed by atoms with E-state index >= 15 is 0 Å². The second-order valence-electron chi connectivity index (χ2n) is 6.45. The zero-order chi connectivity index (χ0) is 19.3. The van der Waals surface area contributed by atoms with Gasteiger partial charge in [-0.2, -0.15) is 0 Å². The van der Waals surface area contributed by atoms with Crippen LogP contribution in [0.1, 0.15) is 12.8 Å². The maximum absolute atomic E-state index is 12.5. The van der Waals surface area contributed by atoms with Gasteiger partial charge in [-0.3, -0.25) is 4.79 Å². The number of carbonyl (C=O) groups is 1. The fourth-order valence-electron chi connectivity index (χ4n) is 3.17. The van der Waals surface area contributed by atoms with Crippen LogP contribution in [0.15, 0.2) is 47.3 Å². The van der Waals surface area contributed by atoms with Gasteiger partial charge in [0.05, 0.1) is 13.4 Å². The summed E-state index contributed by atoms with van der Waals surface area (Å²) in [5.74, 6) is 2.23. The molecule has 0 aromatic carbocycles. The summed E-state index contributed by atoms with van der Waals surface area (Å²) in [5, 5.41) is 11.4. The first-order valence-electron chi connectivity index (χ1n) is 9.02. The van der Waals surface area contributed by atoms with Crippen molar-refractivity contribution in [2.45, 2.75) is 12.8 Å². The molecule has 3 aromatic rings. The summed E-state index contributed by atoms with van der Waals surface area (Å²) >= 11 is 0. The molecule has 9 heteroatoms. The molecule has 28 heavy (non-hydrogen) atoms. The van der Waals surface area contributed by atoms with E-state index in [2.05, 4.69) is 30.4 Å². The maximum Gasteiger partial charge on any atom is 0.228 e. The Morgan fingerprint density at radius 1 is 1.21 bits per heavy atom. The molecule has 4 heterocycles. The Bertz CT molecular complexity index is 921. The zero-order valence-electron chi connectivity index (χ0n) is 15.4. The highest BCUT2D eigenvalue weighted by Gasteiger charge is 2.26. The third-order valence-electron chi connectivity index (χ3n) is 4.72. The van der Waals surface area contributed by atoms with Crippen molar-refractivity contribution in [1.29, 1.82) is 0 Å². The summed E-state index contributed by atoms with van der Waals surface area (Å²) in [4.78, 5) is 22.6. The lowest BCUT2D eigenvalue weighted by molar-refractivity contribution is -0.120. The van der Waals surface area contributed by atoms with Gasteiger partial charge in [0.1, 0.15) is 17.8 Å². The van der Waals surface area contributed by atoms with Gasteiger partial charge >= 0.3 is 0 Å². The van der Waals surface area contributed by atoms with Crippen LogP contribution in [-0.4, -0.2) is 46.3 Å². The lowest BCUT2D eigenvalue weighted by Crippen LogP contribution is -2.38. The number of ether oxygens (including phenoxy) is 1. The number of nitrogens with one attached hydrogen (secondary N) is 1. The molecule has 1 fully saturated rings. The predicted molar refractivity (Wildman–Crippen MR) is 102 cm³/mol. The second-order valence-corrected chi connectivity index (χ2v) is 6.45. The minimum Gasteiger partial charge on any atom is -0.481 e. The minimum absolute atomic E-state index is 0.0420. The van der Waals surface area contributed by atoms with E-state index in [9.17, 15) is 4.79 Å². The van der Waals surface area contributed by atoms with Gasteiger partial charge in [0, 0.05) is 25.1 Å². The van der Waals surface area contributed by atoms with Gasteiger partial charge in [0.2, 0.25) is 11.8 Å². The maximum atomic E-state index is 12.5. The Hall–Kier alpha value is -3.49. The molecule has 1 N–H and O–H groups in total. The van der Waals surface area contributed by atoms with Crippen molar-refractivity contribution in [3.8, 4) is 17.3 Å². The van der Waals surface area contributed by atoms with Crippen LogP contribution < -0.4 is 15.0 Å². The van der Waals surface area contributed by atoms with Gasteiger partial charge in [-0.1, -0.05) is 0 Å². The fraction of sp³-hybridized carbons (Fsp3) is 0.316. The Balaban J connectivity index is 1.33. The standard InChI is InChI=1S/C19H20N6O3/c1-27-18-11-16(20-12-21-18)22-19(26)13-6-8-25(9-7-13)17-5-4-14(23-24-17)15-3-2-10-28-15/h2-5,10-13H,6-9H2,1H3,(H,20,21,22,26). The summed E-state index contributed by atoms with van der Waals surface area (Å²) in [6.07, 6.45) is 4.44. The smallest absolute Gasteiger partial charge is 0.228 e. The van der Waals surface area contributed by atoms with Crippen molar-refractivity contribution in [3.63, 3.8) is 0 Å². The van der Waals surface area contributed by atoms with Gasteiger partial charge in [-0.25, -0.2) is 9.97 Å². The summed E-state index contributed by atoms with van der Waals surface area (Å²) in [5.41, 5.74) is 0.697. The van der Waals surface area contributed by atoms with Gasteiger partial charge in [0.15, 0.2) is 11.6 Å². The molecule has 3 aromatic heterocycles. The molecule has 1 amide bonds. The molecule has 0 spiro atoms. The lowest BCUT2D eigenvalue weighted by atomic mass is 9.96. The monoisotopic (exact) mass is 380 g/mol. The number of hydrogen-bond donors (Lipinski definition) is 1. The number of furan rings is 1. The van der Waals surface area contributed by atoms with Gasteiger partial charge < -0.3 is 19.4 Å². The largest absolute Gasteiger partial charge is 0.481 e. The van der Waals surface area contributed by atoms with Crippen LogP contribution in [0.5, 0.6) is 5.88 Å². The van der Waals surface area contributed by atoms with E-state index in [1.165, 1.54) is 13.4 Å². The van der Waals surface area contributed by atoms with E-state index in [-0.39, 0.29) is 11.8 Å². The van der Waals surface area contributed by atoms with E-state index in [0.29, 0.717) is 23.2 Å². The van der Waals surface area contributed by atoms with Gasteiger partial charge in [-0.05, 0) is 37.1 Å². The van der Waals surface area contributed by atoms with Crippen molar-refractivity contribution in [3.05, 3.63) is 42.9 Å². The van der Waals surface area contributed by atoms with Gasteiger partial charge in [-0.15, -0.1) is 10.2 Å². The van der Waals surface area contributed by atoms with Crippen molar-refractivity contribution in [1.82, 2.24) is 20.2 Å². The van der Waals surface area contributed by atoms with E-state index in [4.69, 9.17) is 9.15 Å². The number of methoxy groups -OCH3 is 1. The summed E-state index contributed by atoms with van der Waals surface area (Å²) in [6, 6.07) is 9.09. The normalized spacial score (nSPS) is 14.7. The second kappa shape index (κ2) is 8.03. The number of piperidine rings is 1. The predicted octanol–water partition coefficient (Wildman–Crippen LogP) is 2.39. The number of anilines is 2. The lowest BCUT2D eigenvalue weighted by Gasteiger charge is -2.31. The van der Waals surface area contributed by atoms with E-state index in [0.717, 1.165) is 31.7 Å². The molecule has 1 aliphatic heterocycles. The number of hydrogen-bond acceptors (Lipinski definition) is 8. The molecule has 0 aliphatic carbocycles. The molecular weight excluding hydrogens is 360 g/mol. The average Bonchev–Trinajstić information content (AvgIpc) is 3.29. The number of rotatable bonds is 5. The molecule has 144 valence electrons. The highest BCUT2D eigenvalue weighted by molar-refractivity contribution is 5.91. The Morgan fingerprint density at radius 2 is 2.07 bits per heavy atom.